The highest BCUT2D eigenvalue weighted by Gasteiger charge is 2.41. The number of nitrogens with zero attached hydrogens (tertiary/aromatic N) is 1. The van der Waals surface area contributed by atoms with Crippen molar-refractivity contribution in [1.82, 2.24) is 4.98 Å². The number of hydrogen-bond donors (Lipinski definition) is 1. The van der Waals surface area contributed by atoms with E-state index in [9.17, 15) is 4.79 Å². The molecule has 0 saturated heterocycles. The largest absolute Gasteiger partial charge is 0.469 e. The third-order valence-corrected chi connectivity index (χ3v) is 5.16. The van der Waals surface area contributed by atoms with Crippen LogP contribution in [0.4, 0.5) is 5.13 Å². The van der Waals surface area contributed by atoms with Gasteiger partial charge < -0.3 is 10.1 Å². The minimum Gasteiger partial charge on any atom is -0.469 e. The Balaban J connectivity index is 1.45. The van der Waals surface area contributed by atoms with Crippen LogP contribution in [0.2, 0.25) is 0 Å². The van der Waals surface area contributed by atoms with Gasteiger partial charge in [-0.05, 0) is 43.4 Å². The van der Waals surface area contributed by atoms with Gasteiger partial charge in [-0.15, -0.1) is 11.3 Å². The van der Waals surface area contributed by atoms with Crippen molar-refractivity contribution in [2.75, 3.05) is 19.0 Å². The van der Waals surface area contributed by atoms with Crippen molar-refractivity contribution in [1.29, 1.82) is 0 Å². The molecule has 0 amide bonds. The second-order valence-corrected chi connectivity index (χ2v) is 6.80. The number of hydrogen-bond acceptors (Lipinski definition) is 5. The van der Waals surface area contributed by atoms with Crippen LogP contribution < -0.4 is 5.32 Å². The fourth-order valence-corrected chi connectivity index (χ4v) is 3.56. The van der Waals surface area contributed by atoms with Crippen molar-refractivity contribution in [3.05, 3.63) is 11.1 Å². The van der Waals surface area contributed by atoms with Crippen molar-refractivity contribution in [3.8, 4) is 0 Å². The van der Waals surface area contributed by atoms with Crippen LogP contribution in [0.25, 0.3) is 0 Å². The molecule has 0 spiro atoms. The van der Waals surface area contributed by atoms with Gasteiger partial charge in [-0.25, -0.2) is 4.98 Å². The average molecular weight is 294 g/mol. The smallest absolute Gasteiger partial charge is 0.305 e. The van der Waals surface area contributed by atoms with Crippen molar-refractivity contribution < 1.29 is 9.53 Å². The van der Waals surface area contributed by atoms with Gasteiger partial charge in [0, 0.05) is 18.3 Å². The average Bonchev–Trinajstić information content (AvgIpc) is 3.37. The minimum absolute atomic E-state index is 0.171. The summed E-state index contributed by atoms with van der Waals surface area (Å²) < 4.78 is 4.65. The highest BCUT2D eigenvalue weighted by molar-refractivity contribution is 7.13. The summed E-state index contributed by atoms with van der Waals surface area (Å²) in [6.07, 6.45) is 6.76. The zero-order valence-corrected chi connectivity index (χ0v) is 12.7. The van der Waals surface area contributed by atoms with E-state index in [0.717, 1.165) is 35.1 Å². The number of rotatable bonds is 8. The zero-order chi connectivity index (χ0) is 13.9. The van der Waals surface area contributed by atoms with E-state index in [4.69, 9.17) is 0 Å². The molecule has 1 heterocycles. The maximum atomic E-state index is 11.1. The molecule has 5 heteroatoms. The van der Waals surface area contributed by atoms with Crippen LogP contribution in [0, 0.1) is 17.8 Å². The fraction of sp³-hybridized carbons (Fsp3) is 0.733. The lowest BCUT2D eigenvalue weighted by atomic mass is 9.98. The lowest BCUT2D eigenvalue weighted by Gasteiger charge is -2.15. The van der Waals surface area contributed by atoms with Gasteiger partial charge in [0.05, 0.1) is 19.2 Å². The fourth-order valence-electron chi connectivity index (χ4n) is 2.81. The quantitative estimate of drug-likeness (QED) is 0.749. The summed E-state index contributed by atoms with van der Waals surface area (Å²) in [6, 6.07) is 0. The monoisotopic (exact) mass is 294 g/mol. The molecule has 0 unspecified atom stereocenters. The summed E-state index contributed by atoms with van der Waals surface area (Å²) in [6.45, 7) is 1.07. The molecule has 2 aliphatic carbocycles. The lowest BCUT2D eigenvalue weighted by molar-refractivity contribution is -0.140. The van der Waals surface area contributed by atoms with E-state index in [1.807, 2.05) is 5.38 Å². The van der Waals surface area contributed by atoms with Gasteiger partial charge in [0.1, 0.15) is 0 Å². The Labute approximate surface area is 123 Å². The Bertz CT molecular complexity index is 454. The van der Waals surface area contributed by atoms with Crippen LogP contribution in [0.5, 0.6) is 0 Å². The van der Waals surface area contributed by atoms with E-state index in [1.54, 1.807) is 11.3 Å². The summed E-state index contributed by atoms with van der Waals surface area (Å²) in [7, 11) is 1.42. The summed E-state index contributed by atoms with van der Waals surface area (Å²) >= 11 is 1.64. The molecule has 0 radical (unpaired) electrons. The Morgan fingerprint density at radius 2 is 2.15 bits per heavy atom. The summed E-state index contributed by atoms with van der Waals surface area (Å²) in [4.78, 5) is 15.7. The van der Waals surface area contributed by atoms with Crippen LogP contribution in [0.15, 0.2) is 5.38 Å². The number of methoxy groups -OCH3 is 1. The number of esters is 1. The first kappa shape index (κ1) is 13.9. The molecule has 2 saturated carbocycles. The van der Waals surface area contributed by atoms with Crippen LogP contribution in [0.3, 0.4) is 0 Å². The maximum absolute atomic E-state index is 11.1. The molecule has 0 bridgehead atoms. The van der Waals surface area contributed by atoms with Crippen molar-refractivity contribution >= 4 is 22.4 Å². The van der Waals surface area contributed by atoms with Gasteiger partial charge in [-0.3, -0.25) is 4.79 Å². The standard InChI is InChI=1S/C15H22N2O2S/c1-19-14(18)7-6-12-9-20-15(17-12)16-8-13(10-2-3-10)11-4-5-11/h9-11,13H,2-8H2,1H3,(H,16,17). The predicted octanol–water partition coefficient (Wildman–Crippen LogP) is 3.10. The van der Waals surface area contributed by atoms with Gasteiger partial charge >= 0.3 is 5.97 Å². The van der Waals surface area contributed by atoms with Crippen molar-refractivity contribution in [2.45, 2.75) is 38.5 Å². The molecule has 1 N–H and O–H groups in total. The van der Waals surface area contributed by atoms with Crippen LogP contribution in [-0.2, 0) is 16.0 Å². The molecule has 0 atom stereocenters. The number of carbonyl (C=O) groups excluding carboxylic acids is 1. The van der Waals surface area contributed by atoms with E-state index in [2.05, 4.69) is 15.0 Å². The molecule has 2 aliphatic rings. The molecule has 0 aromatic carbocycles. The van der Waals surface area contributed by atoms with E-state index < -0.39 is 0 Å². The van der Waals surface area contributed by atoms with Gasteiger partial charge in [-0.1, -0.05) is 0 Å². The molecule has 110 valence electrons. The van der Waals surface area contributed by atoms with E-state index in [1.165, 1.54) is 32.8 Å². The van der Waals surface area contributed by atoms with Crippen LogP contribution in [0.1, 0.15) is 37.8 Å². The number of anilines is 1. The summed E-state index contributed by atoms with van der Waals surface area (Å²) in [5.41, 5.74) is 0.984. The first-order valence-corrected chi connectivity index (χ1v) is 8.39. The number of ether oxygens (including phenoxy) is 1. The van der Waals surface area contributed by atoms with E-state index in [-0.39, 0.29) is 5.97 Å². The number of aryl methyl sites for hydroxylation is 1. The van der Waals surface area contributed by atoms with Gasteiger partial charge in [0.2, 0.25) is 0 Å². The number of carbonyl (C=O) groups is 1. The first-order chi connectivity index (χ1) is 9.76. The molecule has 20 heavy (non-hydrogen) atoms. The molecule has 1 aromatic heterocycles. The molecule has 2 fully saturated rings. The zero-order valence-electron chi connectivity index (χ0n) is 11.9. The lowest BCUT2D eigenvalue weighted by Crippen LogP contribution is -2.18. The molecule has 3 rings (SSSR count). The highest BCUT2D eigenvalue weighted by atomic mass is 32.1. The van der Waals surface area contributed by atoms with Crippen LogP contribution in [-0.4, -0.2) is 24.6 Å². The third-order valence-electron chi connectivity index (χ3n) is 4.31. The Hall–Kier alpha value is -1.10. The summed E-state index contributed by atoms with van der Waals surface area (Å²) in [5, 5.41) is 6.53. The second kappa shape index (κ2) is 6.12. The van der Waals surface area contributed by atoms with Crippen molar-refractivity contribution in [3.63, 3.8) is 0 Å². The van der Waals surface area contributed by atoms with Gasteiger partial charge in [-0.2, -0.15) is 0 Å². The second-order valence-electron chi connectivity index (χ2n) is 5.94. The molecule has 0 aliphatic heterocycles. The number of aromatic nitrogens is 1. The highest BCUT2D eigenvalue weighted by Crippen LogP contribution is 2.49. The Kier molecular flexibility index (Phi) is 4.24. The van der Waals surface area contributed by atoms with Crippen LogP contribution >= 0.6 is 11.3 Å². The Morgan fingerprint density at radius 1 is 1.45 bits per heavy atom. The topological polar surface area (TPSA) is 51.2 Å². The SMILES string of the molecule is COC(=O)CCc1csc(NCC(C2CC2)C2CC2)n1. The normalized spacial score (nSPS) is 18.3. The summed E-state index contributed by atoms with van der Waals surface area (Å²) in [5.74, 6) is 2.62. The van der Waals surface area contributed by atoms with E-state index >= 15 is 0 Å². The third kappa shape index (κ3) is 3.72. The van der Waals surface area contributed by atoms with Crippen molar-refractivity contribution in [2.24, 2.45) is 17.8 Å². The first-order valence-electron chi connectivity index (χ1n) is 7.51. The number of thiazole rings is 1. The van der Waals surface area contributed by atoms with E-state index in [0.29, 0.717) is 12.8 Å². The minimum atomic E-state index is -0.171. The molecular formula is C15H22N2O2S. The van der Waals surface area contributed by atoms with Gasteiger partial charge in [0.15, 0.2) is 5.13 Å². The Morgan fingerprint density at radius 3 is 2.75 bits per heavy atom. The van der Waals surface area contributed by atoms with Gasteiger partial charge in [0.25, 0.3) is 0 Å². The predicted molar refractivity (Wildman–Crippen MR) is 79.9 cm³/mol. The number of nitrogens with one attached hydrogen (secondary N) is 1. The molecule has 1 aromatic rings. The maximum Gasteiger partial charge on any atom is 0.305 e. The molecular weight excluding hydrogens is 272 g/mol. The molecule has 4 nitrogen and oxygen atoms in total.